The molecule has 0 radical (unpaired) electrons. The minimum atomic E-state index is -0.589. The molecular formula is C13H11NO5. The molecule has 0 saturated heterocycles. The van der Waals surface area contributed by atoms with E-state index in [1.165, 1.54) is 25.3 Å². The number of furan rings is 1. The SMILES string of the molecule is COC(=O)c1ccc(-c2cc([N+](=O)[O-])ccc2C)o1. The summed E-state index contributed by atoms with van der Waals surface area (Å²) in [5, 5.41) is 10.8. The number of rotatable bonds is 3. The summed E-state index contributed by atoms with van der Waals surface area (Å²) in [6.45, 7) is 1.80. The van der Waals surface area contributed by atoms with Crippen LogP contribution < -0.4 is 0 Å². The molecule has 0 amide bonds. The van der Waals surface area contributed by atoms with Gasteiger partial charge in [0.05, 0.1) is 12.0 Å². The van der Waals surface area contributed by atoms with Crippen molar-refractivity contribution < 1.29 is 18.9 Å². The van der Waals surface area contributed by atoms with Crippen molar-refractivity contribution in [3.8, 4) is 11.3 Å². The molecule has 0 aliphatic carbocycles. The number of aryl methyl sites for hydroxylation is 1. The highest BCUT2D eigenvalue weighted by molar-refractivity contribution is 5.87. The minimum absolute atomic E-state index is 0.0309. The molecule has 0 N–H and O–H groups in total. The summed E-state index contributed by atoms with van der Waals surface area (Å²) < 4.78 is 9.88. The topological polar surface area (TPSA) is 82.6 Å². The van der Waals surface area contributed by atoms with Crippen LogP contribution in [-0.2, 0) is 4.74 Å². The monoisotopic (exact) mass is 261 g/mol. The number of carbonyl (C=O) groups excluding carboxylic acids is 1. The van der Waals surface area contributed by atoms with E-state index in [0.29, 0.717) is 11.3 Å². The lowest BCUT2D eigenvalue weighted by Gasteiger charge is -2.02. The van der Waals surface area contributed by atoms with Crippen molar-refractivity contribution >= 4 is 11.7 Å². The van der Waals surface area contributed by atoms with Crippen molar-refractivity contribution in [3.05, 3.63) is 51.8 Å². The second-order valence-electron chi connectivity index (χ2n) is 3.91. The molecule has 2 rings (SSSR count). The van der Waals surface area contributed by atoms with Crippen LogP contribution in [0.2, 0.25) is 0 Å². The highest BCUT2D eigenvalue weighted by atomic mass is 16.6. The van der Waals surface area contributed by atoms with Gasteiger partial charge in [0.2, 0.25) is 5.76 Å². The maximum atomic E-state index is 11.3. The fraction of sp³-hybridized carbons (Fsp3) is 0.154. The molecule has 1 aromatic carbocycles. The fourth-order valence-electron chi connectivity index (χ4n) is 1.68. The zero-order valence-electron chi connectivity index (χ0n) is 10.4. The molecule has 6 nitrogen and oxygen atoms in total. The average molecular weight is 261 g/mol. The lowest BCUT2D eigenvalue weighted by atomic mass is 10.1. The number of non-ortho nitro benzene ring substituents is 1. The van der Waals surface area contributed by atoms with Gasteiger partial charge < -0.3 is 9.15 Å². The molecule has 0 fully saturated rings. The van der Waals surface area contributed by atoms with Gasteiger partial charge in [-0.05, 0) is 24.6 Å². The average Bonchev–Trinajstić information content (AvgIpc) is 2.87. The number of nitro groups is 1. The van der Waals surface area contributed by atoms with Crippen molar-refractivity contribution in [1.29, 1.82) is 0 Å². The Morgan fingerprint density at radius 3 is 2.68 bits per heavy atom. The maximum absolute atomic E-state index is 11.3. The van der Waals surface area contributed by atoms with Crippen LogP contribution in [-0.4, -0.2) is 18.0 Å². The number of nitro benzene ring substituents is 1. The number of carbonyl (C=O) groups is 1. The van der Waals surface area contributed by atoms with E-state index in [2.05, 4.69) is 4.74 Å². The molecule has 0 aliphatic heterocycles. The second-order valence-corrected chi connectivity index (χ2v) is 3.91. The molecule has 1 aromatic heterocycles. The summed E-state index contributed by atoms with van der Waals surface area (Å²) in [6.07, 6.45) is 0. The van der Waals surface area contributed by atoms with Gasteiger partial charge in [-0.25, -0.2) is 4.79 Å². The normalized spacial score (nSPS) is 10.2. The van der Waals surface area contributed by atoms with Gasteiger partial charge in [0.1, 0.15) is 5.76 Å². The Hall–Kier alpha value is -2.63. The van der Waals surface area contributed by atoms with Crippen LogP contribution in [0.15, 0.2) is 34.7 Å². The van der Waals surface area contributed by atoms with Gasteiger partial charge in [0.15, 0.2) is 0 Å². The molecule has 1 heterocycles. The molecule has 6 heteroatoms. The summed E-state index contributed by atoms with van der Waals surface area (Å²) in [5.41, 5.74) is 1.36. The molecular weight excluding hydrogens is 250 g/mol. The Bertz CT molecular complexity index is 644. The highest BCUT2D eigenvalue weighted by Gasteiger charge is 2.16. The van der Waals surface area contributed by atoms with Crippen molar-refractivity contribution in [1.82, 2.24) is 0 Å². The molecule has 0 unspecified atom stereocenters. The summed E-state index contributed by atoms with van der Waals surface area (Å²) in [7, 11) is 1.25. The van der Waals surface area contributed by atoms with Crippen LogP contribution in [0.1, 0.15) is 16.1 Å². The van der Waals surface area contributed by atoms with Gasteiger partial charge in [-0.1, -0.05) is 6.07 Å². The Morgan fingerprint density at radius 2 is 2.05 bits per heavy atom. The Balaban J connectivity index is 2.46. The van der Waals surface area contributed by atoms with Gasteiger partial charge in [-0.15, -0.1) is 0 Å². The van der Waals surface area contributed by atoms with Crippen LogP contribution in [0.5, 0.6) is 0 Å². The predicted molar refractivity (Wildman–Crippen MR) is 66.9 cm³/mol. The Kier molecular flexibility index (Phi) is 3.33. The smallest absolute Gasteiger partial charge is 0.373 e. The van der Waals surface area contributed by atoms with Crippen molar-refractivity contribution in [2.75, 3.05) is 7.11 Å². The number of hydrogen-bond donors (Lipinski definition) is 0. The van der Waals surface area contributed by atoms with Gasteiger partial charge in [-0.3, -0.25) is 10.1 Å². The molecule has 0 spiro atoms. The minimum Gasteiger partial charge on any atom is -0.463 e. The van der Waals surface area contributed by atoms with E-state index >= 15 is 0 Å². The van der Waals surface area contributed by atoms with Crippen molar-refractivity contribution in [3.63, 3.8) is 0 Å². The number of nitrogens with zero attached hydrogens (tertiary/aromatic N) is 1. The van der Waals surface area contributed by atoms with Gasteiger partial charge in [0.25, 0.3) is 5.69 Å². The Labute approximate surface area is 108 Å². The van der Waals surface area contributed by atoms with Gasteiger partial charge in [0, 0.05) is 17.7 Å². The van der Waals surface area contributed by atoms with E-state index in [0.717, 1.165) is 5.56 Å². The van der Waals surface area contributed by atoms with E-state index < -0.39 is 10.9 Å². The predicted octanol–water partition coefficient (Wildman–Crippen LogP) is 2.95. The van der Waals surface area contributed by atoms with Crippen LogP contribution in [0, 0.1) is 17.0 Å². The standard InChI is InChI=1S/C13H11NO5/c1-8-3-4-9(14(16)17)7-10(8)11-5-6-12(19-11)13(15)18-2/h3-7H,1-2H3. The third kappa shape index (κ3) is 2.47. The third-order valence-corrected chi connectivity index (χ3v) is 2.69. The van der Waals surface area contributed by atoms with E-state index in [1.807, 2.05) is 0 Å². The molecule has 2 aromatic rings. The van der Waals surface area contributed by atoms with Crippen molar-refractivity contribution in [2.45, 2.75) is 6.92 Å². The lowest BCUT2D eigenvalue weighted by molar-refractivity contribution is -0.384. The lowest BCUT2D eigenvalue weighted by Crippen LogP contribution is -1.98. The molecule has 19 heavy (non-hydrogen) atoms. The van der Waals surface area contributed by atoms with Crippen LogP contribution in [0.4, 0.5) is 5.69 Å². The largest absolute Gasteiger partial charge is 0.463 e. The quantitative estimate of drug-likeness (QED) is 0.482. The van der Waals surface area contributed by atoms with Crippen LogP contribution in [0.25, 0.3) is 11.3 Å². The fourth-order valence-corrected chi connectivity index (χ4v) is 1.68. The molecule has 98 valence electrons. The molecule has 0 saturated carbocycles. The van der Waals surface area contributed by atoms with E-state index in [4.69, 9.17) is 4.42 Å². The van der Waals surface area contributed by atoms with Crippen LogP contribution in [0.3, 0.4) is 0 Å². The number of benzene rings is 1. The van der Waals surface area contributed by atoms with Crippen LogP contribution >= 0.6 is 0 Å². The first-order chi connectivity index (χ1) is 9.02. The number of methoxy groups -OCH3 is 1. The zero-order chi connectivity index (χ0) is 14.0. The summed E-state index contributed by atoms with van der Waals surface area (Å²) in [5.74, 6) is -0.139. The summed E-state index contributed by atoms with van der Waals surface area (Å²) in [6, 6.07) is 7.52. The number of ether oxygens (including phenoxy) is 1. The van der Waals surface area contributed by atoms with Crippen molar-refractivity contribution in [2.24, 2.45) is 0 Å². The summed E-state index contributed by atoms with van der Waals surface area (Å²) in [4.78, 5) is 21.6. The molecule has 0 bridgehead atoms. The van der Waals surface area contributed by atoms with E-state index in [-0.39, 0.29) is 11.4 Å². The maximum Gasteiger partial charge on any atom is 0.373 e. The first-order valence-corrected chi connectivity index (χ1v) is 5.46. The van der Waals surface area contributed by atoms with E-state index in [1.54, 1.807) is 19.1 Å². The molecule has 0 atom stereocenters. The number of hydrogen-bond acceptors (Lipinski definition) is 5. The molecule has 0 aliphatic rings. The first-order valence-electron chi connectivity index (χ1n) is 5.46. The highest BCUT2D eigenvalue weighted by Crippen LogP contribution is 2.29. The summed E-state index contributed by atoms with van der Waals surface area (Å²) >= 11 is 0. The second kappa shape index (κ2) is 4.93. The number of esters is 1. The third-order valence-electron chi connectivity index (χ3n) is 2.69. The van der Waals surface area contributed by atoms with E-state index in [9.17, 15) is 14.9 Å². The zero-order valence-corrected chi connectivity index (χ0v) is 10.4. The van der Waals surface area contributed by atoms with Gasteiger partial charge in [-0.2, -0.15) is 0 Å². The first kappa shape index (κ1) is 12.8. The van der Waals surface area contributed by atoms with Gasteiger partial charge >= 0.3 is 5.97 Å². The Morgan fingerprint density at radius 1 is 1.32 bits per heavy atom.